The average molecular weight is 362 g/mol. The number of aromatic nitrogens is 1. The Bertz CT molecular complexity index is 602. The summed E-state index contributed by atoms with van der Waals surface area (Å²) in [6.07, 6.45) is 4.26. The topological polar surface area (TPSA) is 76.3 Å². The molecule has 1 fully saturated rings. The molecule has 0 amide bonds. The van der Waals surface area contributed by atoms with Gasteiger partial charge in [0.25, 0.3) is 0 Å². The zero-order valence-corrected chi connectivity index (χ0v) is 14.2. The van der Waals surface area contributed by atoms with E-state index >= 15 is 0 Å². The number of nitrogens with zero attached hydrogens (tertiary/aromatic N) is 2. The van der Waals surface area contributed by atoms with E-state index in [1.807, 2.05) is 0 Å². The third kappa shape index (κ3) is 3.32. The van der Waals surface area contributed by atoms with E-state index in [0.29, 0.717) is 17.6 Å². The maximum atomic E-state index is 12.7. The molecule has 0 aromatic carbocycles. The molecule has 5 nitrogen and oxygen atoms in total. The second-order valence-corrected chi connectivity index (χ2v) is 8.78. The molecule has 20 heavy (non-hydrogen) atoms. The number of hydrogen-bond acceptors (Lipinski definition) is 4. The highest BCUT2D eigenvalue weighted by atomic mass is 79.9. The summed E-state index contributed by atoms with van der Waals surface area (Å²) in [5.41, 5.74) is 5.92. The Morgan fingerprint density at radius 2 is 2.05 bits per heavy atom. The lowest BCUT2D eigenvalue weighted by Gasteiger charge is -2.23. The molecule has 2 N–H and O–H groups in total. The number of rotatable bonds is 2. The molecule has 0 atom stereocenters. The lowest BCUT2D eigenvalue weighted by atomic mass is 9.85. The van der Waals surface area contributed by atoms with Crippen LogP contribution in [0.1, 0.15) is 33.1 Å². The summed E-state index contributed by atoms with van der Waals surface area (Å²) in [4.78, 5) is 4.01. The SMILES string of the molecule is CC1(C)CCCN(S(=O)(=O)c2cc(Br)cnc2N)CC1. The van der Waals surface area contributed by atoms with Crippen molar-refractivity contribution in [3.8, 4) is 0 Å². The van der Waals surface area contributed by atoms with Gasteiger partial charge in [0.15, 0.2) is 0 Å². The zero-order chi connectivity index (χ0) is 15.0. The average Bonchev–Trinajstić information content (AvgIpc) is 2.53. The predicted octanol–water partition coefficient (Wildman–Crippen LogP) is 2.63. The number of halogens is 1. The third-order valence-electron chi connectivity index (χ3n) is 3.77. The van der Waals surface area contributed by atoms with Crippen molar-refractivity contribution < 1.29 is 8.42 Å². The van der Waals surface area contributed by atoms with Crippen LogP contribution in [-0.4, -0.2) is 30.8 Å². The highest BCUT2D eigenvalue weighted by molar-refractivity contribution is 9.10. The molecule has 0 unspecified atom stereocenters. The summed E-state index contributed by atoms with van der Waals surface area (Å²) < 4.78 is 27.6. The Kier molecular flexibility index (Phi) is 4.41. The molecule has 0 radical (unpaired) electrons. The minimum absolute atomic E-state index is 0.0525. The van der Waals surface area contributed by atoms with Crippen molar-refractivity contribution >= 4 is 31.8 Å². The first-order chi connectivity index (χ1) is 9.22. The summed E-state index contributed by atoms with van der Waals surface area (Å²) >= 11 is 3.25. The molecule has 1 aliphatic heterocycles. The number of nitrogen functional groups attached to an aromatic ring is 1. The Labute approximate surface area is 128 Å². The summed E-state index contributed by atoms with van der Waals surface area (Å²) in [6, 6.07) is 1.52. The molecule has 112 valence electrons. The number of anilines is 1. The largest absolute Gasteiger partial charge is 0.383 e. The fourth-order valence-electron chi connectivity index (χ4n) is 2.42. The van der Waals surface area contributed by atoms with Crippen LogP contribution in [0.5, 0.6) is 0 Å². The standard InChI is InChI=1S/C13H20BrN3O2S/c1-13(2)4-3-6-17(7-5-13)20(18,19)11-8-10(14)9-16-12(11)15/h8-9H,3-7H2,1-2H3,(H2,15,16). The minimum atomic E-state index is -3.57. The fraction of sp³-hybridized carbons (Fsp3) is 0.615. The van der Waals surface area contributed by atoms with E-state index in [9.17, 15) is 8.42 Å². The van der Waals surface area contributed by atoms with E-state index in [-0.39, 0.29) is 16.1 Å². The van der Waals surface area contributed by atoms with Crippen LogP contribution < -0.4 is 5.73 Å². The smallest absolute Gasteiger partial charge is 0.246 e. The third-order valence-corrected chi connectivity index (χ3v) is 6.13. The van der Waals surface area contributed by atoms with E-state index in [2.05, 4.69) is 34.8 Å². The summed E-state index contributed by atoms with van der Waals surface area (Å²) in [7, 11) is -3.57. The Balaban J connectivity index is 2.33. The molecular formula is C13H20BrN3O2S. The van der Waals surface area contributed by atoms with Gasteiger partial charge in [0.2, 0.25) is 10.0 Å². The van der Waals surface area contributed by atoms with Gasteiger partial charge in [-0.05, 0) is 46.7 Å². The van der Waals surface area contributed by atoms with Gasteiger partial charge in [-0.3, -0.25) is 0 Å². The highest BCUT2D eigenvalue weighted by Gasteiger charge is 2.31. The molecule has 0 spiro atoms. The molecule has 0 saturated carbocycles. The van der Waals surface area contributed by atoms with Crippen molar-refractivity contribution in [3.63, 3.8) is 0 Å². The van der Waals surface area contributed by atoms with Gasteiger partial charge in [-0.15, -0.1) is 0 Å². The van der Waals surface area contributed by atoms with Crippen LogP contribution in [0.3, 0.4) is 0 Å². The highest BCUT2D eigenvalue weighted by Crippen LogP contribution is 2.32. The lowest BCUT2D eigenvalue weighted by Crippen LogP contribution is -2.33. The van der Waals surface area contributed by atoms with Crippen molar-refractivity contribution in [2.24, 2.45) is 5.41 Å². The van der Waals surface area contributed by atoms with E-state index in [1.165, 1.54) is 16.6 Å². The van der Waals surface area contributed by atoms with Gasteiger partial charge < -0.3 is 5.73 Å². The van der Waals surface area contributed by atoms with Crippen LogP contribution in [-0.2, 0) is 10.0 Å². The number of hydrogen-bond donors (Lipinski definition) is 1. The fourth-order valence-corrected chi connectivity index (χ4v) is 4.47. The Hall–Kier alpha value is -0.660. The van der Waals surface area contributed by atoms with Crippen molar-refractivity contribution in [2.75, 3.05) is 18.8 Å². The van der Waals surface area contributed by atoms with E-state index < -0.39 is 10.0 Å². The molecule has 1 saturated heterocycles. The van der Waals surface area contributed by atoms with E-state index in [4.69, 9.17) is 5.73 Å². The van der Waals surface area contributed by atoms with Crippen molar-refractivity contribution in [1.29, 1.82) is 0 Å². The van der Waals surface area contributed by atoms with E-state index in [1.54, 1.807) is 0 Å². The predicted molar refractivity (Wildman–Crippen MR) is 82.7 cm³/mol. The minimum Gasteiger partial charge on any atom is -0.383 e. The second kappa shape index (κ2) is 5.61. The molecule has 0 aliphatic carbocycles. The van der Waals surface area contributed by atoms with Crippen molar-refractivity contribution in [3.05, 3.63) is 16.7 Å². The maximum absolute atomic E-state index is 12.7. The Morgan fingerprint density at radius 3 is 2.75 bits per heavy atom. The lowest BCUT2D eigenvalue weighted by molar-refractivity contribution is 0.315. The molecule has 1 aromatic heterocycles. The quantitative estimate of drug-likeness (QED) is 0.878. The van der Waals surface area contributed by atoms with Gasteiger partial charge in [-0.2, -0.15) is 4.31 Å². The van der Waals surface area contributed by atoms with Crippen LogP contribution in [0, 0.1) is 5.41 Å². The van der Waals surface area contributed by atoms with Gasteiger partial charge in [-0.1, -0.05) is 13.8 Å². The van der Waals surface area contributed by atoms with Crippen LogP contribution in [0.4, 0.5) is 5.82 Å². The number of pyridine rings is 1. The van der Waals surface area contributed by atoms with Crippen molar-refractivity contribution in [1.82, 2.24) is 9.29 Å². The number of nitrogens with two attached hydrogens (primary N) is 1. The molecular weight excluding hydrogens is 342 g/mol. The zero-order valence-electron chi connectivity index (χ0n) is 11.8. The monoisotopic (exact) mass is 361 g/mol. The van der Waals surface area contributed by atoms with Crippen LogP contribution >= 0.6 is 15.9 Å². The molecule has 7 heteroatoms. The normalized spacial score (nSPS) is 20.6. The number of sulfonamides is 1. The van der Waals surface area contributed by atoms with Gasteiger partial charge in [-0.25, -0.2) is 13.4 Å². The first-order valence-corrected chi connectivity index (χ1v) is 8.87. The Morgan fingerprint density at radius 1 is 1.35 bits per heavy atom. The first kappa shape index (κ1) is 15.7. The molecule has 0 bridgehead atoms. The molecule has 2 rings (SSSR count). The van der Waals surface area contributed by atoms with Gasteiger partial charge in [0, 0.05) is 23.8 Å². The first-order valence-electron chi connectivity index (χ1n) is 6.64. The van der Waals surface area contributed by atoms with Gasteiger partial charge in [0.05, 0.1) is 0 Å². The second-order valence-electron chi connectivity index (χ2n) is 5.96. The van der Waals surface area contributed by atoms with Gasteiger partial charge >= 0.3 is 0 Å². The van der Waals surface area contributed by atoms with Gasteiger partial charge in [0.1, 0.15) is 10.7 Å². The molecule has 2 heterocycles. The van der Waals surface area contributed by atoms with Crippen LogP contribution in [0.2, 0.25) is 0 Å². The van der Waals surface area contributed by atoms with Crippen LogP contribution in [0.25, 0.3) is 0 Å². The van der Waals surface area contributed by atoms with Crippen LogP contribution in [0.15, 0.2) is 21.6 Å². The summed E-state index contributed by atoms with van der Waals surface area (Å²) in [5.74, 6) is 0.0525. The maximum Gasteiger partial charge on any atom is 0.246 e. The van der Waals surface area contributed by atoms with E-state index in [0.717, 1.165) is 19.3 Å². The molecule has 1 aliphatic rings. The molecule has 1 aromatic rings. The summed E-state index contributed by atoms with van der Waals surface area (Å²) in [6.45, 7) is 5.43. The summed E-state index contributed by atoms with van der Waals surface area (Å²) in [5, 5.41) is 0. The van der Waals surface area contributed by atoms with Crippen molar-refractivity contribution in [2.45, 2.75) is 38.0 Å².